The minimum Gasteiger partial charge on any atom is -0.0654 e. The predicted molar refractivity (Wildman–Crippen MR) is 265 cm³/mol. The van der Waals surface area contributed by atoms with Crippen LogP contribution in [-0.4, -0.2) is 54.8 Å². The molecule has 0 fully saturated rings. The van der Waals surface area contributed by atoms with Gasteiger partial charge in [-0.25, -0.2) is 0 Å². The fourth-order valence-corrected chi connectivity index (χ4v) is 16.3. The van der Waals surface area contributed by atoms with Crippen molar-refractivity contribution in [2.75, 3.05) is 17.3 Å². The van der Waals surface area contributed by atoms with Gasteiger partial charge < -0.3 is 0 Å². The Morgan fingerprint density at radius 2 is 0.542 bits per heavy atom. The van der Waals surface area contributed by atoms with Crippen LogP contribution in [0, 0.1) is 17.8 Å². The molecule has 3 atom stereocenters. The summed E-state index contributed by atoms with van der Waals surface area (Å²) in [5.41, 5.74) is 0. The van der Waals surface area contributed by atoms with E-state index in [0.717, 1.165) is 64.2 Å². The first-order valence-electron chi connectivity index (χ1n) is 25.3. The van der Waals surface area contributed by atoms with Crippen molar-refractivity contribution in [3.63, 3.8) is 0 Å². The number of hydrogen-bond donors (Lipinski definition) is 3. The van der Waals surface area contributed by atoms with Crippen LogP contribution in [0.1, 0.15) is 252 Å². The van der Waals surface area contributed by atoms with Crippen molar-refractivity contribution in [2.24, 2.45) is 17.8 Å². The average Bonchev–Trinajstić information content (AvgIpc) is 3.23. The molecule has 0 rings (SSSR count). The molecule has 350 valence electrons. The maximum atomic E-state index is 14.0. The molecular weight excluding hydrogens is 899 g/mol. The van der Waals surface area contributed by atoms with Gasteiger partial charge in [-0.3, -0.25) is 0 Å². The van der Waals surface area contributed by atoms with Gasteiger partial charge >= 0.3 is 332 Å². The van der Waals surface area contributed by atoms with Crippen LogP contribution in [0.15, 0.2) is 0 Å². The zero-order chi connectivity index (χ0) is 43.7. The Hall–Kier alpha value is 0.259. The molecule has 0 saturated carbocycles. The number of hydrogen-bond acceptors (Lipinski definition) is 9. The molecule has 0 N–H and O–H groups in total. The Morgan fingerprint density at radius 3 is 0.746 bits per heavy atom. The van der Waals surface area contributed by atoms with Gasteiger partial charge in [0, 0.05) is 0 Å². The van der Waals surface area contributed by atoms with Crippen molar-refractivity contribution in [2.45, 2.75) is 257 Å². The van der Waals surface area contributed by atoms with Gasteiger partial charge in [0.05, 0.1) is 0 Å². The van der Waals surface area contributed by atoms with Crippen LogP contribution in [0.4, 0.5) is 0 Å². The summed E-state index contributed by atoms with van der Waals surface area (Å²) in [6, 6.07) is 0. The standard InChI is InChI=1S/3C15H30O2S.C4H9.Sn/c3*1-2-3-4-5-6-7-8-9-10-11-12-14(13-18)15(16)17;1-3-4-2;/h3*14,18H,2-13H2,1H3,(H,16,17);1,3-4H2,2H3;/q;;;;+3/p-3. The fraction of sp³-hybridized carbons (Fsp3) is 0.939. The minimum atomic E-state index is -5.16. The number of carbonyl (C=O) groups excluding carboxylic acids is 3. The van der Waals surface area contributed by atoms with E-state index in [1.165, 1.54) is 135 Å². The number of thiol groups is 3. The van der Waals surface area contributed by atoms with Crippen LogP contribution >= 0.6 is 37.9 Å². The van der Waals surface area contributed by atoms with Gasteiger partial charge in [0.25, 0.3) is 0 Å². The molecule has 59 heavy (non-hydrogen) atoms. The second kappa shape index (κ2) is 43.5. The van der Waals surface area contributed by atoms with Crippen molar-refractivity contribution < 1.29 is 23.6 Å². The van der Waals surface area contributed by atoms with Crippen LogP contribution in [0.2, 0.25) is 4.44 Å². The average molecular weight is 996 g/mol. The van der Waals surface area contributed by atoms with E-state index in [1.807, 2.05) is 6.92 Å². The first-order chi connectivity index (χ1) is 28.8. The Balaban J connectivity index is 5.66. The number of unbranched alkanes of at least 4 members (excludes halogenated alkanes) is 28. The molecule has 0 aliphatic rings. The molecule has 3 unspecified atom stereocenters. The van der Waals surface area contributed by atoms with E-state index in [2.05, 4.69) is 58.7 Å². The third-order valence-electron chi connectivity index (χ3n) is 12.0. The molecule has 0 aliphatic carbocycles. The van der Waals surface area contributed by atoms with E-state index in [1.54, 1.807) is 0 Å². The van der Waals surface area contributed by atoms with Gasteiger partial charge in [0.1, 0.15) is 0 Å². The van der Waals surface area contributed by atoms with Crippen LogP contribution in [0.3, 0.4) is 0 Å². The quantitative estimate of drug-likeness (QED) is 0.0321. The van der Waals surface area contributed by atoms with Gasteiger partial charge in [-0.1, -0.05) is 59.3 Å². The minimum absolute atomic E-state index is 0.293. The Kier molecular flexibility index (Phi) is 43.7. The first-order valence-corrected chi connectivity index (χ1v) is 32.7. The van der Waals surface area contributed by atoms with E-state index in [9.17, 15) is 14.4 Å². The van der Waals surface area contributed by atoms with Gasteiger partial charge in [-0.2, -0.15) is 0 Å². The molecule has 0 amide bonds. The topological polar surface area (TPSA) is 78.9 Å². The first kappa shape index (κ1) is 59.3. The van der Waals surface area contributed by atoms with E-state index >= 15 is 0 Å². The van der Waals surface area contributed by atoms with Crippen molar-refractivity contribution >= 4 is 75.4 Å². The SMILES string of the molecule is CCCCCCCCCCCCC(CS)C(=O)[O][Sn]([CH2]CCC)([O]C(=O)C(CS)CCCCCCCCCCCC)[O]C(=O)C(CS)CCCCCCCCCCCC. The monoisotopic (exact) mass is 997 g/mol. The van der Waals surface area contributed by atoms with Gasteiger partial charge in [0.15, 0.2) is 0 Å². The second-order valence-corrected chi connectivity index (χ2v) is 25.8. The van der Waals surface area contributed by atoms with Crippen molar-refractivity contribution in [1.29, 1.82) is 0 Å². The third kappa shape index (κ3) is 33.4. The predicted octanol–water partition coefficient (Wildman–Crippen LogP) is 15.9. The zero-order valence-electron chi connectivity index (χ0n) is 39.1. The Bertz CT molecular complexity index is 860. The van der Waals surface area contributed by atoms with Crippen LogP contribution in [-0.2, 0) is 23.6 Å². The summed E-state index contributed by atoms with van der Waals surface area (Å²) < 4.78 is 19.4. The molecule has 10 heteroatoms. The molecule has 0 bridgehead atoms. The van der Waals surface area contributed by atoms with Gasteiger partial charge in [0.2, 0.25) is 0 Å². The summed E-state index contributed by atoms with van der Waals surface area (Å²) in [5.74, 6) is -1.61. The molecule has 0 aromatic carbocycles. The molecule has 0 aliphatic heterocycles. The molecule has 0 radical (unpaired) electrons. The molecule has 6 nitrogen and oxygen atoms in total. The molecule has 0 aromatic rings. The van der Waals surface area contributed by atoms with Crippen LogP contribution in [0.25, 0.3) is 0 Å². The van der Waals surface area contributed by atoms with Crippen molar-refractivity contribution in [3.05, 3.63) is 0 Å². The summed E-state index contributed by atoms with van der Waals surface area (Å²) in [6.45, 7) is 8.80. The summed E-state index contributed by atoms with van der Waals surface area (Å²) in [4.78, 5) is 42.0. The molecule has 0 heterocycles. The molecule has 0 aromatic heterocycles. The maximum absolute atomic E-state index is 14.0. The zero-order valence-corrected chi connectivity index (χ0v) is 44.6. The second-order valence-electron chi connectivity index (χ2n) is 17.6. The summed E-state index contributed by atoms with van der Waals surface area (Å²) in [6.07, 6.45) is 40.0. The summed E-state index contributed by atoms with van der Waals surface area (Å²) in [7, 11) is 0. The normalized spacial score (nSPS) is 14.1. The molecular formula is C49H96O6S3Sn. The van der Waals surface area contributed by atoms with Crippen molar-refractivity contribution in [1.82, 2.24) is 0 Å². The van der Waals surface area contributed by atoms with E-state index in [0.29, 0.717) is 47.4 Å². The van der Waals surface area contributed by atoms with E-state index in [-0.39, 0.29) is 0 Å². The Morgan fingerprint density at radius 1 is 0.339 bits per heavy atom. The smallest absolute Gasteiger partial charge is 0.0654 e. The van der Waals surface area contributed by atoms with Crippen LogP contribution < -0.4 is 0 Å². The summed E-state index contributed by atoms with van der Waals surface area (Å²) in [5, 5.41) is 0. The van der Waals surface area contributed by atoms with Gasteiger partial charge in [-0.05, 0) is 0 Å². The molecule has 0 spiro atoms. The van der Waals surface area contributed by atoms with Crippen LogP contribution in [0.5, 0.6) is 0 Å². The number of rotatable bonds is 45. The molecule has 0 saturated heterocycles. The van der Waals surface area contributed by atoms with E-state index < -0.39 is 55.3 Å². The van der Waals surface area contributed by atoms with E-state index in [4.69, 9.17) is 9.22 Å². The van der Waals surface area contributed by atoms with Gasteiger partial charge in [-0.15, -0.1) is 0 Å². The number of carbonyl (C=O) groups is 3. The third-order valence-corrected chi connectivity index (χ3v) is 20.4. The summed E-state index contributed by atoms with van der Waals surface area (Å²) >= 11 is 8.56. The van der Waals surface area contributed by atoms with Crippen molar-refractivity contribution in [3.8, 4) is 0 Å². The Labute approximate surface area is 388 Å². The fourth-order valence-electron chi connectivity index (χ4n) is 7.80.